The molecule has 0 unspecified atom stereocenters. The lowest BCUT2D eigenvalue weighted by Crippen LogP contribution is -2.20. The summed E-state index contributed by atoms with van der Waals surface area (Å²) in [5.74, 6) is -1.68. The Balaban J connectivity index is 2.05. The molecule has 10 nitrogen and oxygen atoms in total. The number of nitro benzene ring substituents is 2. The zero-order valence-corrected chi connectivity index (χ0v) is 13.3. The number of carbonyl (C=O) groups is 1. The van der Waals surface area contributed by atoms with Gasteiger partial charge in [-0.15, -0.1) is 0 Å². The number of carbonyl (C=O) groups excluding carboxylic acids is 1. The Labute approximate surface area is 145 Å². The maximum Gasteiger partial charge on any atom is 0.305 e. The van der Waals surface area contributed by atoms with Crippen LogP contribution in [0.1, 0.15) is 0 Å². The van der Waals surface area contributed by atoms with Crippen molar-refractivity contribution in [3.63, 3.8) is 0 Å². The second-order valence-electron chi connectivity index (χ2n) is 4.85. The monoisotopic (exact) mass is 365 g/mol. The summed E-state index contributed by atoms with van der Waals surface area (Å²) >= 11 is 0. The molecule has 26 heavy (non-hydrogen) atoms. The summed E-state index contributed by atoms with van der Waals surface area (Å²) in [5.41, 5.74) is -0.909. The molecule has 0 fully saturated rings. The van der Waals surface area contributed by atoms with E-state index >= 15 is 0 Å². The molecule has 0 atom stereocenters. The fourth-order valence-corrected chi connectivity index (χ4v) is 1.97. The maximum absolute atomic E-state index is 13.5. The normalized spacial score (nSPS) is 10.1. The topological polar surface area (TPSA) is 134 Å². The first-order valence-corrected chi connectivity index (χ1v) is 7.01. The van der Waals surface area contributed by atoms with E-state index in [-0.39, 0.29) is 22.9 Å². The standard InChI is InChI=1S/C15H12FN3O7/c1-25-14-5-2-9(18(21)22)6-12(14)17-15(20)8-26-10-3-4-13(19(23)24)11(16)7-10/h2-7H,8H2,1H3,(H,17,20). The van der Waals surface area contributed by atoms with Crippen LogP contribution in [0.2, 0.25) is 0 Å². The van der Waals surface area contributed by atoms with Crippen LogP contribution in [0.3, 0.4) is 0 Å². The molecule has 0 radical (unpaired) electrons. The van der Waals surface area contributed by atoms with Gasteiger partial charge in [-0.05, 0) is 12.1 Å². The largest absolute Gasteiger partial charge is 0.495 e. The summed E-state index contributed by atoms with van der Waals surface area (Å²) in [6, 6.07) is 6.47. The Bertz CT molecular complexity index is 872. The lowest BCUT2D eigenvalue weighted by atomic mass is 10.2. The van der Waals surface area contributed by atoms with Crippen molar-refractivity contribution in [3.05, 3.63) is 62.4 Å². The van der Waals surface area contributed by atoms with E-state index in [4.69, 9.17) is 9.47 Å². The minimum absolute atomic E-state index is 0.0604. The van der Waals surface area contributed by atoms with Gasteiger partial charge in [0.1, 0.15) is 11.5 Å². The average molecular weight is 365 g/mol. The molecule has 1 amide bonds. The van der Waals surface area contributed by atoms with Gasteiger partial charge in [0.2, 0.25) is 5.82 Å². The van der Waals surface area contributed by atoms with Crippen LogP contribution in [0.25, 0.3) is 0 Å². The summed E-state index contributed by atoms with van der Waals surface area (Å²) in [7, 11) is 1.33. The molecule has 0 saturated heterocycles. The summed E-state index contributed by atoms with van der Waals surface area (Å²) in [6.45, 7) is -0.552. The molecule has 2 aromatic rings. The Morgan fingerprint density at radius 3 is 2.46 bits per heavy atom. The molecule has 0 aliphatic heterocycles. The minimum Gasteiger partial charge on any atom is -0.495 e. The number of methoxy groups -OCH3 is 1. The van der Waals surface area contributed by atoms with E-state index in [2.05, 4.69) is 5.32 Å². The highest BCUT2D eigenvalue weighted by Crippen LogP contribution is 2.29. The number of hydrogen-bond acceptors (Lipinski definition) is 7. The second kappa shape index (κ2) is 7.88. The first-order valence-electron chi connectivity index (χ1n) is 7.01. The highest BCUT2D eigenvalue weighted by Gasteiger charge is 2.16. The third-order valence-corrected chi connectivity index (χ3v) is 3.15. The fourth-order valence-electron chi connectivity index (χ4n) is 1.97. The zero-order chi connectivity index (χ0) is 19.3. The average Bonchev–Trinajstić information content (AvgIpc) is 2.59. The minimum atomic E-state index is -1.10. The van der Waals surface area contributed by atoms with Gasteiger partial charge in [0, 0.05) is 24.3 Å². The molecule has 11 heteroatoms. The predicted octanol–water partition coefficient (Wildman–Crippen LogP) is 2.67. The number of anilines is 1. The summed E-state index contributed by atoms with van der Waals surface area (Å²) in [4.78, 5) is 31.7. The highest BCUT2D eigenvalue weighted by molar-refractivity contribution is 5.93. The molecule has 1 N–H and O–H groups in total. The number of nitrogens with zero attached hydrogens (tertiary/aromatic N) is 2. The van der Waals surface area contributed by atoms with Gasteiger partial charge in [-0.3, -0.25) is 25.0 Å². The number of rotatable bonds is 7. The molecule has 136 valence electrons. The number of nitro groups is 2. The Morgan fingerprint density at radius 2 is 1.88 bits per heavy atom. The van der Waals surface area contributed by atoms with Gasteiger partial charge in [-0.1, -0.05) is 0 Å². The van der Waals surface area contributed by atoms with Crippen LogP contribution in [0.15, 0.2) is 36.4 Å². The van der Waals surface area contributed by atoms with E-state index in [1.165, 1.54) is 19.2 Å². The maximum atomic E-state index is 13.5. The molecule has 0 heterocycles. The van der Waals surface area contributed by atoms with Crippen LogP contribution >= 0.6 is 0 Å². The van der Waals surface area contributed by atoms with Gasteiger partial charge < -0.3 is 14.8 Å². The number of halogens is 1. The van der Waals surface area contributed by atoms with E-state index in [1.807, 2.05) is 0 Å². The van der Waals surface area contributed by atoms with Crippen molar-refractivity contribution in [3.8, 4) is 11.5 Å². The lowest BCUT2D eigenvalue weighted by molar-refractivity contribution is -0.387. The molecular formula is C15H12FN3O7. The van der Waals surface area contributed by atoms with Crippen LogP contribution < -0.4 is 14.8 Å². The van der Waals surface area contributed by atoms with Crippen LogP contribution in [-0.2, 0) is 4.79 Å². The van der Waals surface area contributed by atoms with Crippen molar-refractivity contribution >= 4 is 23.0 Å². The molecule has 0 aromatic heterocycles. The molecule has 0 saturated carbocycles. The van der Waals surface area contributed by atoms with Gasteiger partial charge >= 0.3 is 5.69 Å². The Hall–Kier alpha value is -3.76. The van der Waals surface area contributed by atoms with Gasteiger partial charge in [0.05, 0.1) is 22.6 Å². The van der Waals surface area contributed by atoms with Crippen LogP contribution in [0.4, 0.5) is 21.5 Å². The molecule has 0 bridgehead atoms. The number of hydrogen-bond donors (Lipinski definition) is 1. The summed E-state index contributed by atoms with van der Waals surface area (Å²) < 4.78 is 23.5. The van der Waals surface area contributed by atoms with E-state index < -0.39 is 33.9 Å². The number of nitrogens with one attached hydrogen (secondary N) is 1. The molecular weight excluding hydrogens is 353 g/mol. The number of ether oxygens (including phenoxy) is 2. The molecule has 0 aliphatic carbocycles. The third kappa shape index (κ3) is 4.41. The van der Waals surface area contributed by atoms with E-state index in [0.717, 1.165) is 24.3 Å². The quantitative estimate of drug-likeness (QED) is 0.589. The molecule has 2 aromatic carbocycles. The third-order valence-electron chi connectivity index (χ3n) is 3.15. The van der Waals surface area contributed by atoms with Crippen molar-refractivity contribution < 1.29 is 28.5 Å². The van der Waals surface area contributed by atoms with Crippen molar-refractivity contribution in [1.29, 1.82) is 0 Å². The van der Waals surface area contributed by atoms with E-state index in [9.17, 15) is 29.4 Å². The smallest absolute Gasteiger partial charge is 0.305 e. The molecule has 0 aliphatic rings. The van der Waals surface area contributed by atoms with Gasteiger partial charge in [0.15, 0.2) is 6.61 Å². The summed E-state index contributed by atoms with van der Waals surface area (Å²) in [5, 5.41) is 23.7. The van der Waals surface area contributed by atoms with E-state index in [1.54, 1.807) is 0 Å². The first-order chi connectivity index (χ1) is 12.3. The number of non-ortho nitro benzene ring substituents is 1. The zero-order valence-electron chi connectivity index (χ0n) is 13.3. The highest BCUT2D eigenvalue weighted by atomic mass is 19.1. The fraction of sp³-hybridized carbons (Fsp3) is 0.133. The summed E-state index contributed by atoms with van der Waals surface area (Å²) in [6.07, 6.45) is 0. The Kier molecular flexibility index (Phi) is 5.63. The molecule has 2 rings (SSSR count). The van der Waals surface area contributed by atoms with Crippen molar-refractivity contribution in [2.45, 2.75) is 0 Å². The van der Waals surface area contributed by atoms with Gasteiger partial charge in [-0.2, -0.15) is 4.39 Å². The lowest BCUT2D eigenvalue weighted by Gasteiger charge is -2.11. The number of benzene rings is 2. The predicted molar refractivity (Wildman–Crippen MR) is 86.8 cm³/mol. The second-order valence-corrected chi connectivity index (χ2v) is 4.85. The SMILES string of the molecule is COc1ccc([N+](=O)[O-])cc1NC(=O)COc1ccc([N+](=O)[O-])c(F)c1. The van der Waals surface area contributed by atoms with Crippen LogP contribution in [-0.4, -0.2) is 29.5 Å². The number of amides is 1. The van der Waals surface area contributed by atoms with Crippen molar-refractivity contribution in [2.24, 2.45) is 0 Å². The Morgan fingerprint density at radius 1 is 1.15 bits per heavy atom. The first kappa shape index (κ1) is 18.6. The van der Waals surface area contributed by atoms with Gasteiger partial charge in [-0.25, -0.2) is 0 Å². The van der Waals surface area contributed by atoms with Crippen LogP contribution in [0, 0.1) is 26.0 Å². The molecule has 0 spiro atoms. The van der Waals surface area contributed by atoms with Crippen LogP contribution in [0.5, 0.6) is 11.5 Å². The van der Waals surface area contributed by atoms with Crippen molar-refractivity contribution in [1.82, 2.24) is 0 Å². The van der Waals surface area contributed by atoms with E-state index in [0.29, 0.717) is 0 Å². The van der Waals surface area contributed by atoms with Gasteiger partial charge in [0.25, 0.3) is 11.6 Å². The van der Waals surface area contributed by atoms with Crippen molar-refractivity contribution in [2.75, 3.05) is 19.0 Å².